The summed E-state index contributed by atoms with van der Waals surface area (Å²) in [4.78, 5) is 0. The number of rotatable bonds is 3. The Morgan fingerprint density at radius 1 is 1.31 bits per heavy atom. The predicted molar refractivity (Wildman–Crippen MR) is 67.5 cm³/mol. The SMILES string of the molecule is Cc1c(CNC2CC2)c2ccccc2n1C. The van der Waals surface area contributed by atoms with E-state index in [0.717, 1.165) is 12.6 Å². The van der Waals surface area contributed by atoms with Gasteiger partial charge in [-0.3, -0.25) is 0 Å². The molecule has 1 fully saturated rings. The van der Waals surface area contributed by atoms with E-state index in [9.17, 15) is 0 Å². The zero-order valence-electron chi connectivity index (χ0n) is 9.96. The molecule has 0 radical (unpaired) electrons. The Kier molecular flexibility index (Phi) is 2.25. The first-order valence-corrected chi connectivity index (χ1v) is 6.03. The van der Waals surface area contributed by atoms with Gasteiger partial charge < -0.3 is 9.88 Å². The van der Waals surface area contributed by atoms with Crippen molar-refractivity contribution in [3.8, 4) is 0 Å². The lowest BCUT2D eigenvalue weighted by atomic mass is 10.1. The molecule has 3 rings (SSSR count). The highest BCUT2D eigenvalue weighted by atomic mass is 15.0. The molecule has 1 aliphatic carbocycles. The third-order valence-corrected chi connectivity index (χ3v) is 3.68. The topological polar surface area (TPSA) is 17.0 Å². The molecule has 2 aromatic rings. The maximum absolute atomic E-state index is 3.61. The summed E-state index contributed by atoms with van der Waals surface area (Å²) in [6, 6.07) is 9.44. The summed E-state index contributed by atoms with van der Waals surface area (Å²) in [5, 5.41) is 5.00. The van der Waals surface area contributed by atoms with Crippen molar-refractivity contribution in [1.82, 2.24) is 9.88 Å². The molecular weight excluding hydrogens is 196 g/mol. The minimum atomic E-state index is 0.776. The molecule has 1 N–H and O–H groups in total. The molecule has 16 heavy (non-hydrogen) atoms. The normalized spacial score (nSPS) is 15.9. The fourth-order valence-corrected chi connectivity index (χ4v) is 2.36. The van der Waals surface area contributed by atoms with Gasteiger partial charge in [-0.05, 0) is 31.4 Å². The van der Waals surface area contributed by atoms with Gasteiger partial charge in [0.2, 0.25) is 0 Å². The van der Waals surface area contributed by atoms with E-state index in [-0.39, 0.29) is 0 Å². The third kappa shape index (κ3) is 1.54. The zero-order chi connectivity index (χ0) is 11.1. The predicted octanol–water partition coefficient (Wildman–Crippen LogP) is 2.74. The second-order valence-electron chi connectivity index (χ2n) is 4.80. The van der Waals surface area contributed by atoms with Gasteiger partial charge in [0.15, 0.2) is 0 Å². The summed E-state index contributed by atoms with van der Waals surface area (Å²) in [6.45, 7) is 3.22. The molecule has 0 aliphatic heterocycles. The van der Waals surface area contributed by atoms with Gasteiger partial charge >= 0.3 is 0 Å². The van der Waals surface area contributed by atoms with E-state index in [1.807, 2.05) is 0 Å². The number of fused-ring (bicyclic) bond motifs is 1. The van der Waals surface area contributed by atoms with Crippen LogP contribution in [0.2, 0.25) is 0 Å². The third-order valence-electron chi connectivity index (χ3n) is 3.68. The van der Waals surface area contributed by atoms with Gasteiger partial charge in [0.05, 0.1) is 0 Å². The fourth-order valence-electron chi connectivity index (χ4n) is 2.36. The Morgan fingerprint density at radius 2 is 2.06 bits per heavy atom. The second-order valence-corrected chi connectivity index (χ2v) is 4.80. The number of aromatic nitrogens is 1. The number of hydrogen-bond donors (Lipinski definition) is 1. The van der Waals surface area contributed by atoms with Crippen molar-refractivity contribution >= 4 is 10.9 Å². The van der Waals surface area contributed by atoms with E-state index < -0.39 is 0 Å². The first kappa shape index (κ1) is 9.91. The van der Waals surface area contributed by atoms with Gasteiger partial charge in [-0.1, -0.05) is 18.2 Å². The smallest absolute Gasteiger partial charge is 0.0483 e. The minimum absolute atomic E-state index is 0.776. The standard InChI is InChI=1S/C14H18N2/c1-10-13(9-15-11-7-8-11)12-5-3-4-6-14(12)16(10)2/h3-6,11,15H,7-9H2,1-2H3. The lowest BCUT2D eigenvalue weighted by molar-refractivity contribution is 0.684. The summed E-state index contributed by atoms with van der Waals surface area (Å²) in [6.07, 6.45) is 2.70. The van der Waals surface area contributed by atoms with Crippen LogP contribution in [0.25, 0.3) is 10.9 Å². The van der Waals surface area contributed by atoms with Gasteiger partial charge in [-0.25, -0.2) is 0 Å². The molecule has 1 aromatic heterocycles. The second kappa shape index (κ2) is 3.63. The Labute approximate surface area is 96.3 Å². The quantitative estimate of drug-likeness (QED) is 0.831. The van der Waals surface area contributed by atoms with Crippen LogP contribution in [0.1, 0.15) is 24.1 Å². The van der Waals surface area contributed by atoms with Crippen molar-refractivity contribution in [1.29, 1.82) is 0 Å². The summed E-state index contributed by atoms with van der Waals surface area (Å²) in [7, 11) is 2.15. The monoisotopic (exact) mass is 214 g/mol. The maximum atomic E-state index is 3.61. The van der Waals surface area contributed by atoms with Crippen molar-refractivity contribution < 1.29 is 0 Å². The molecule has 2 nitrogen and oxygen atoms in total. The number of benzene rings is 1. The van der Waals surface area contributed by atoms with E-state index in [1.165, 1.54) is 35.0 Å². The highest BCUT2D eigenvalue weighted by Crippen LogP contribution is 2.26. The number of para-hydroxylation sites is 1. The molecule has 0 saturated heterocycles. The van der Waals surface area contributed by atoms with Gasteiger partial charge in [-0.15, -0.1) is 0 Å². The Hall–Kier alpha value is -1.28. The summed E-state index contributed by atoms with van der Waals surface area (Å²) in [5.41, 5.74) is 4.19. The van der Waals surface area contributed by atoms with Crippen molar-refractivity contribution in [3.05, 3.63) is 35.5 Å². The van der Waals surface area contributed by atoms with Crippen molar-refractivity contribution in [2.45, 2.75) is 32.4 Å². The maximum Gasteiger partial charge on any atom is 0.0483 e. The zero-order valence-corrected chi connectivity index (χ0v) is 9.96. The van der Waals surface area contributed by atoms with Crippen LogP contribution in [0.4, 0.5) is 0 Å². The fraction of sp³-hybridized carbons (Fsp3) is 0.429. The lowest BCUT2D eigenvalue weighted by Crippen LogP contribution is -2.15. The Morgan fingerprint density at radius 3 is 2.81 bits per heavy atom. The minimum Gasteiger partial charge on any atom is -0.348 e. The summed E-state index contributed by atoms with van der Waals surface area (Å²) < 4.78 is 2.29. The number of nitrogens with one attached hydrogen (secondary N) is 1. The van der Waals surface area contributed by atoms with Crippen LogP contribution in [0.5, 0.6) is 0 Å². The largest absolute Gasteiger partial charge is 0.348 e. The van der Waals surface area contributed by atoms with Crippen LogP contribution in [-0.2, 0) is 13.6 Å². The summed E-state index contributed by atoms with van der Waals surface area (Å²) in [5.74, 6) is 0. The molecule has 84 valence electrons. The van der Waals surface area contributed by atoms with Crippen LogP contribution in [0.15, 0.2) is 24.3 Å². The van der Waals surface area contributed by atoms with E-state index in [0.29, 0.717) is 0 Å². The van der Waals surface area contributed by atoms with E-state index in [4.69, 9.17) is 0 Å². The molecule has 1 heterocycles. The van der Waals surface area contributed by atoms with E-state index in [1.54, 1.807) is 0 Å². The van der Waals surface area contributed by atoms with Crippen LogP contribution < -0.4 is 5.32 Å². The molecule has 1 saturated carbocycles. The van der Waals surface area contributed by atoms with E-state index in [2.05, 4.69) is 48.1 Å². The highest BCUT2D eigenvalue weighted by Gasteiger charge is 2.21. The van der Waals surface area contributed by atoms with Crippen LogP contribution in [0.3, 0.4) is 0 Å². The molecule has 1 aromatic carbocycles. The van der Waals surface area contributed by atoms with E-state index >= 15 is 0 Å². The van der Waals surface area contributed by atoms with Gasteiger partial charge in [0.1, 0.15) is 0 Å². The number of nitrogens with zero attached hydrogens (tertiary/aromatic N) is 1. The van der Waals surface area contributed by atoms with Crippen molar-refractivity contribution in [2.75, 3.05) is 0 Å². The van der Waals surface area contributed by atoms with Crippen LogP contribution in [0, 0.1) is 6.92 Å². The molecule has 0 unspecified atom stereocenters. The van der Waals surface area contributed by atoms with Gasteiger partial charge in [0, 0.05) is 36.2 Å². The molecule has 0 spiro atoms. The average molecular weight is 214 g/mol. The van der Waals surface area contributed by atoms with Gasteiger partial charge in [-0.2, -0.15) is 0 Å². The Balaban J connectivity index is 2.03. The summed E-state index contributed by atoms with van der Waals surface area (Å²) >= 11 is 0. The highest BCUT2D eigenvalue weighted by molar-refractivity contribution is 5.85. The molecule has 0 atom stereocenters. The molecule has 1 aliphatic rings. The number of aryl methyl sites for hydroxylation is 1. The first-order chi connectivity index (χ1) is 7.77. The van der Waals surface area contributed by atoms with Gasteiger partial charge in [0.25, 0.3) is 0 Å². The molecule has 0 amide bonds. The molecular formula is C14H18N2. The van der Waals surface area contributed by atoms with Crippen LogP contribution >= 0.6 is 0 Å². The molecule has 0 bridgehead atoms. The number of hydrogen-bond acceptors (Lipinski definition) is 1. The van der Waals surface area contributed by atoms with Crippen molar-refractivity contribution in [3.63, 3.8) is 0 Å². The average Bonchev–Trinajstić information content (AvgIpc) is 3.09. The Bertz CT molecular complexity index is 521. The van der Waals surface area contributed by atoms with Crippen LogP contribution in [-0.4, -0.2) is 10.6 Å². The lowest BCUT2D eigenvalue weighted by Gasteiger charge is -2.03. The molecule has 2 heteroatoms. The van der Waals surface area contributed by atoms with Crippen molar-refractivity contribution in [2.24, 2.45) is 7.05 Å². The first-order valence-electron chi connectivity index (χ1n) is 6.03.